The van der Waals surface area contributed by atoms with Gasteiger partial charge in [0.1, 0.15) is 4.90 Å². The van der Waals surface area contributed by atoms with Crippen LogP contribution < -0.4 is 4.72 Å². The molecule has 1 N–H and O–H groups in total. The highest BCUT2D eigenvalue weighted by Gasteiger charge is 2.18. The lowest BCUT2D eigenvalue weighted by Crippen LogP contribution is -2.13. The van der Waals surface area contributed by atoms with Gasteiger partial charge >= 0.3 is 0 Å². The number of nitrogens with zero attached hydrogens (tertiary/aromatic N) is 2. The molecule has 3 aromatic rings. The van der Waals surface area contributed by atoms with Crippen LogP contribution in [-0.2, 0) is 10.0 Å². The summed E-state index contributed by atoms with van der Waals surface area (Å²) in [6.07, 6.45) is 3.11. The summed E-state index contributed by atoms with van der Waals surface area (Å²) in [6, 6.07) is 9.09. The molecule has 5 nitrogen and oxygen atoms in total. The fraction of sp³-hybridized carbons (Fsp3) is 0. The van der Waals surface area contributed by atoms with Gasteiger partial charge in [0.2, 0.25) is 0 Å². The number of anilines is 1. The van der Waals surface area contributed by atoms with Gasteiger partial charge in [-0.2, -0.15) is 0 Å². The Bertz CT molecular complexity index is 961. The molecule has 0 aliphatic heterocycles. The molecule has 0 radical (unpaired) electrons. The molecule has 0 amide bonds. The van der Waals surface area contributed by atoms with Crippen LogP contribution in [0.4, 0.5) is 5.69 Å². The molecule has 0 aliphatic carbocycles. The number of benzene rings is 2. The molecule has 2 aromatic carbocycles. The van der Waals surface area contributed by atoms with Gasteiger partial charge in [0.25, 0.3) is 10.0 Å². The van der Waals surface area contributed by atoms with Gasteiger partial charge in [-0.05, 0) is 36.4 Å². The lowest BCUT2D eigenvalue weighted by atomic mass is 10.3. The van der Waals surface area contributed by atoms with E-state index < -0.39 is 10.0 Å². The van der Waals surface area contributed by atoms with Gasteiger partial charge in [-0.1, -0.05) is 23.2 Å². The second-order valence-corrected chi connectivity index (χ2v) is 6.93. The van der Waals surface area contributed by atoms with Gasteiger partial charge in [-0.3, -0.25) is 14.7 Å². The Morgan fingerprint density at radius 3 is 2.36 bits per heavy atom. The van der Waals surface area contributed by atoms with Gasteiger partial charge in [-0.25, -0.2) is 8.42 Å². The van der Waals surface area contributed by atoms with Gasteiger partial charge in [-0.15, -0.1) is 0 Å². The van der Waals surface area contributed by atoms with E-state index in [9.17, 15) is 8.42 Å². The van der Waals surface area contributed by atoms with Crippen molar-refractivity contribution in [3.8, 4) is 0 Å². The zero-order valence-corrected chi connectivity index (χ0v) is 13.3. The minimum Gasteiger partial charge on any atom is -0.280 e. The first-order valence-corrected chi connectivity index (χ1v) is 8.38. The van der Waals surface area contributed by atoms with E-state index in [2.05, 4.69) is 14.7 Å². The molecule has 0 bridgehead atoms. The van der Waals surface area contributed by atoms with E-state index in [4.69, 9.17) is 23.2 Å². The first-order chi connectivity index (χ1) is 10.5. The van der Waals surface area contributed by atoms with Crippen LogP contribution in [0, 0.1) is 0 Å². The lowest BCUT2D eigenvalue weighted by molar-refractivity contribution is 0.601. The van der Waals surface area contributed by atoms with Crippen molar-refractivity contribution in [2.45, 2.75) is 4.90 Å². The maximum absolute atomic E-state index is 12.4. The van der Waals surface area contributed by atoms with Gasteiger partial charge in [0, 0.05) is 17.4 Å². The normalized spacial score (nSPS) is 11.5. The zero-order valence-electron chi connectivity index (χ0n) is 11.0. The van der Waals surface area contributed by atoms with Gasteiger partial charge in [0.15, 0.2) is 0 Å². The summed E-state index contributed by atoms with van der Waals surface area (Å²) in [7, 11) is -3.82. The number of sulfonamides is 1. The second-order valence-electron chi connectivity index (χ2n) is 4.44. The van der Waals surface area contributed by atoms with Crippen molar-refractivity contribution in [3.05, 3.63) is 58.8 Å². The zero-order chi connectivity index (χ0) is 15.7. The van der Waals surface area contributed by atoms with Crippen LogP contribution in [0.15, 0.2) is 53.7 Å². The Balaban J connectivity index is 1.99. The van der Waals surface area contributed by atoms with Gasteiger partial charge < -0.3 is 0 Å². The van der Waals surface area contributed by atoms with Crippen molar-refractivity contribution in [2.24, 2.45) is 0 Å². The number of rotatable bonds is 3. The number of hydrogen-bond donors (Lipinski definition) is 1. The Morgan fingerprint density at radius 2 is 1.64 bits per heavy atom. The molecule has 22 heavy (non-hydrogen) atoms. The molecule has 0 fully saturated rings. The van der Waals surface area contributed by atoms with Crippen LogP contribution in [0.1, 0.15) is 0 Å². The Morgan fingerprint density at radius 1 is 0.909 bits per heavy atom. The number of fused-ring (bicyclic) bond motifs is 1. The van der Waals surface area contributed by atoms with E-state index in [1.807, 2.05) is 0 Å². The van der Waals surface area contributed by atoms with E-state index in [1.54, 1.807) is 24.4 Å². The van der Waals surface area contributed by atoms with Crippen LogP contribution in [0.25, 0.3) is 11.0 Å². The average molecular weight is 354 g/mol. The Kier molecular flexibility index (Phi) is 3.90. The van der Waals surface area contributed by atoms with Crippen LogP contribution >= 0.6 is 23.2 Å². The van der Waals surface area contributed by atoms with Crippen molar-refractivity contribution in [1.29, 1.82) is 0 Å². The monoisotopic (exact) mass is 353 g/mol. The summed E-state index contributed by atoms with van der Waals surface area (Å²) < 4.78 is 27.3. The molecule has 1 heterocycles. The van der Waals surface area contributed by atoms with Crippen LogP contribution in [0.3, 0.4) is 0 Å². The van der Waals surface area contributed by atoms with Crippen molar-refractivity contribution >= 4 is 49.9 Å². The number of nitrogens with one attached hydrogen (secondary N) is 1. The van der Waals surface area contributed by atoms with E-state index in [0.717, 1.165) is 0 Å². The minimum absolute atomic E-state index is 0.0437. The molecule has 3 rings (SSSR count). The largest absolute Gasteiger partial charge is 0.280 e. The molecule has 0 saturated heterocycles. The highest BCUT2D eigenvalue weighted by atomic mass is 35.5. The third-order valence-corrected chi connectivity index (χ3v) is 5.00. The summed E-state index contributed by atoms with van der Waals surface area (Å²) >= 11 is 11.7. The van der Waals surface area contributed by atoms with Crippen molar-refractivity contribution in [2.75, 3.05) is 4.72 Å². The van der Waals surface area contributed by atoms with Crippen molar-refractivity contribution in [3.63, 3.8) is 0 Å². The molecule has 1 aromatic heterocycles. The highest BCUT2D eigenvalue weighted by Crippen LogP contribution is 2.27. The van der Waals surface area contributed by atoms with E-state index in [0.29, 0.717) is 21.7 Å². The Labute approximate surface area is 137 Å². The maximum atomic E-state index is 12.4. The third-order valence-electron chi connectivity index (χ3n) is 2.90. The fourth-order valence-electron chi connectivity index (χ4n) is 1.93. The standard InChI is InChI=1S/C14H9Cl2N3O2S/c15-9-1-4-14(11(16)7-9)22(20,21)19-10-2-3-12-13(8-10)18-6-5-17-12/h1-8,19H. The predicted octanol–water partition coefficient (Wildman–Crippen LogP) is 3.74. The Hall–Kier alpha value is -1.89. The summed E-state index contributed by atoms with van der Waals surface area (Å²) in [5, 5.41) is 0.422. The molecule has 0 aliphatic rings. The van der Waals surface area contributed by atoms with E-state index in [1.165, 1.54) is 24.4 Å². The van der Waals surface area contributed by atoms with Crippen molar-refractivity contribution in [1.82, 2.24) is 9.97 Å². The SMILES string of the molecule is O=S(=O)(Nc1ccc2nccnc2c1)c1ccc(Cl)cc1Cl. The maximum Gasteiger partial charge on any atom is 0.263 e. The van der Waals surface area contributed by atoms with Crippen LogP contribution in [-0.4, -0.2) is 18.4 Å². The highest BCUT2D eigenvalue weighted by molar-refractivity contribution is 7.92. The van der Waals surface area contributed by atoms with Crippen molar-refractivity contribution < 1.29 is 8.42 Å². The molecule has 0 spiro atoms. The van der Waals surface area contributed by atoms with Crippen LogP contribution in [0.2, 0.25) is 10.0 Å². The second kappa shape index (κ2) is 5.72. The van der Waals surface area contributed by atoms with E-state index in [-0.39, 0.29) is 9.92 Å². The molecule has 0 atom stereocenters. The molecular formula is C14H9Cl2N3O2S. The summed E-state index contributed by atoms with van der Waals surface area (Å²) in [4.78, 5) is 8.21. The topological polar surface area (TPSA) is 72.0 Å². The minimum atomic E-state index is -3.82. The molecular weight excluding hydrogens is 345 g/mol. The van der Waals surface area contributed by atoms with Crippen LogP contribution in [0.5, 0.6) is 0 Å². The molecule has 0 saturated carbocycles. The lowest BCUT2D eigenvalue weighted by Gasteiger charge is -2.10. The number of hydrogen-bond acceptors (Lipinski definition) is 4. The first kappa shape index (κ1) is 15.0. The van der Waals surface area contributed by atoms with E-state index >= 15 is 0 Å². The summed E-state index contributed by atoms with van der Waals surface area (Å²) in [5.74, 6) is 0. The summed E-state index contributed by atoms with van der Waals surface area (Å²) in [6.45, 7) is 0. The fourth-order valence-corrected chi connectivity index (χ4v) is 3.75. The molecule has 0 unspecified atom stereocenters. The number of aromatic nitrogens is 2. The summed E-state index contributed by atoms with van der Waals surface area (Å²) in [5.41, 5.74) is 1.64. The average Bonchev–Trinajstić information content (AvgIpc) is 2.46. The third kappa shape index (κ3) is 2.99. The smallest absolute Gasteiger partial charge is 0.263 e. The molecule has 112 valence electrons. The first-order valence-electron chi connectivity index (χ1n) is 6.14. The predicted molar refractivity (Wildman–Crippen MR) is 86.8 cm³/mol. The quantitative estimate of drug-likeness (QED) is 0.778. The van der Waals surface area contributed by atoms with Gasteiger partial charge in [0.05, 0.1) is 21.7 Å². The molecule has 8 heteroatoms. The number of halogens is 2.